The van der Waals surface area contributed by atoms with Crippen LogP contribution in [-0.4, -0.2) is 28.4 Å². The van der Waals surface area contributed by atoms with Gasteiger partial charge >= 0.3 is 0 Å². The Kier molecular flexibility index (Phi) is 5.38. The van der Waals surface area contributed by atoms with Crippen molar-refractivity contribution >= 4 is 23.1 Å². The van der Waals surface area contributed by atoms with Gasteiger partial charge in [0.2, 0.25) is 5.91 Å². The van der Waals surface area contributed by atoms with Gasteiger partial charge in [-0.3, -0.25) is 9.69 Å². The number of nitrogens with two attached hydrogens (primary N) is 2. The molecule has 19 heavy (non-hydrogen) atoms. The second-order valence-electron chi connectivity index (χ2n) is 4.61. The first-order valence-electron chi connectivity index (χ1n) is 5.92. The number of carbonyl (C=O) groups is 1. The molecule has 4 nitrogen and oxygen atoms in total. The molecule has 0 atom stereocenters. The van der Waals surface area contributed by atoms with Crippen LogP contribution in [0.4, 0.5) is 4.39 Å². The third kappa shape index (κ3) is 4.25. The fourth-order valence-electron chi connectivity index (χ4n) is 1.73. The van der Waals surface area contributed by atoms with Crippen LogP contribution in [0.3, 0.4) is 0 Å². The first-order valence-corrected chi connectivity index (χ1v) is 6.33. The van der Waals surface area contributed by atoms with Crippen LogP contribution in [0.25, 0.3) is 0 Å². The Morgan fingerprint density at radius 2 is 2.05 bits per heavy atom. The summed E-state index contributed by atoms with van der Waals surface area (Å²) in [7, 11) is 0. The van der Waals surface area contributed by atoms with E-state index in [-0.39, 0.29) is 29.7 Å². The second kappa shape index (κ2) is 6.58. The molecule has 0 saturated heterocycles. The molecular weight excluding hydrogens is 265 g/mol. The topological polar surface area (TPSA) is 72.3 Å². The first-order chi connectivity index (χ1) is 8.82. The average Bonchev–Trinajstić information content (AvgIpc) is 2.29. The van der Waals surface area contributed by atoms with Crippen LogP contribution in [0.5, 0.6) is 0 Å². The summed E-state index contributed by atoms with van der Waals surface area (Å²) < 4.78 is 14.2. The van der Waals surface area contributed by atoms with E-state index in [1.165, 1.54) is 6.07 Å². The van der Waals surface area contributed by atoms with E-state index in [9.17, 15) is 9.18 Å². The lowest BCUT2D eigenvalue weighted by Gasteiger charge is -2.25. The van der Waals surface area contributed by atoms with Crippen LogP contribution in [0.2, 0.25) is 0 Å². The Morgan fingerprint density at radius 1 is 1.42 bits per heavy atom. The van der Waals surface area contributed by atoms with Gasteiger partial charge in [-0.1, -0.05) is 24.4 Å². The minimum Gasteiger partial charge on any atom is -0.389 e. The molecule has 1 aromatic carbocycles. The molecule has 0 aliphatic heterocycles. The van der Waals surface area contributed by atoms with Crippen LogP contribution in [-0.2, 0) is 11.3 Å². The summed E-state index contributed by atoms with van der Waals surface area (Å²) in [5, 5.41) is 0. The number of amides is 1. The summed E-state index contributed by atoms with van der Waals surface area (Å²) >= 11 is 4.79. The summed E-state index contributed by atoms with van der Waals surface area (Å²) in [6, 6.07) is 4.94. The van der Waals surface area contributed by atoms with Crippen molar-refractivity contribution in [2.75, 3.05) is 6.54 Å². The lowest BCUT2D eigenvalue weighted by Crippen LogP contribution is -2.38. The molecule has 0 aromatic heterocycles. The maximum atomic E-state index is 14.2. The average molecular weight is 283 g/mol. The normalized spacial score (nSPS) is 11.0. The Morgan fingerprint density at radius 3 is 2.53 bits per heavy atom. The number of halogens is 1. The molecule has 104 valence electrons. The SMILES string of the molecule is CC(C)N(CC(N)=O)Cc1cccc(C(N)=S)c1F. The largest absolute Gasteiger partial charge is 0.389 e. The third-order valence-corrected chi connectivity index (χ3v) is 3.03. The van der Waals surface area contributed by atoms with Gasteiger partial charge in [0.05, 0.1) is 6.54 Å². The van der Waals surface area contributed by atoms with Gasteiger partial charge in [0.1, 0.15) is 10.8 Å². The van der Waals surface area contributed by atoms with Crippen molar-refractivity contribution in [3.8, 4) is 0 Å². The van der Waals surface area contributed by atoms with E-state index < -0.39 is 11.7 Å². The molecule has 6 heteroatoms. The molecule has 1 aromatic rings. The number of rotatable bonds is 6. The molecular formula is C13H18FN3OS. The molecule has 0 aliphatic rings. The summed E-state index contributed by atoms with van der Waals surface area (Å²) in [6.45, 7) is 4.19. The molecule has 0 unspecified atom stereocenters. The molecule has 1 amide bonds. The smallest absolute Gasteiger partial charge is 0.231 e. The Hall–Kier alpha value is -1.53. The van der Waals surface area contributed by atoms with Gasteiger partial charge in [0.15, 0.2) is 0 Å². The monoisotopic (exact) mass is 283 g/mol. The standard InChI is InChI=1S/C13H18FN3OS/c1-8(2)17(7-11(15)18)6-9-4-3-5-10(12(9)14)13(16)19/h3-5,8H,6-7H2,1-2H3,(H2,15,18)(H2,16,19). The highest BCUT2D eigenvalue weighted by atomic mass is 32.1. The number of primary amides is 1. The molecule has 0 spiro atoms. The molecule has 1 rings (SSSR count). The van der Waals surface area contributed by atoms with Crippen LogP contribution < -0.4 is 11.5 Å². The van der Waals surface area contributed by atoms with E-state index in [2.05, 4.69) is 0 Å². The van der Waals surface area contributed by atoms with Crippen molar-refractivity contribution in [1.82, 2.24) is 4.90 Å². The van der Waals surface area contributed by atoms with Crippen LogP contribution in [0.15, 0.2) is 18.2 Å². The summed E-state index contributed by atoms with van der Waals surface area (Å²) in [4.78, 5) is 12.8. The van der Waals surface area contributed by atoms with E-state index in [4.69, 9.17) is 23.7 Å². The number of hydrogen-bond acceptors (Lipinski definition) is 3. The molecule has 0 fully saturated rings. The van der Waals surface area contributed by atoms with Crippen LogP contribution >= 0.6 is 12.2 Å². The molecule has 0 radical (unpaired) electrons. The lowest BCUT2D eigenvalue weighted by molar-refractivity contribution is -0.119. The van der Waals surface area contributed by atoms with Gasteiger partial charge in [0, 0.05) is 23.7 Å². The second-order valence-corrected chi connectivity index (χ2v) is 5.05. The number of nitrogens with zero attached hydrogens (tertiary/aromatic N) is 1. The highest BCUT2D eigenvalue weighted by Crippen LogP contribution is 2.16. The van der Waals surface area contributed by atoms with Crippen molar-refractivity contribution in [1.29, 1.82) is 0 Å². The van der Waals surface area contributed by atoms with Gasteiger partial charge in [-0.15, -0.1) is 0 Å². The number of hydrogen-bond donors (Lipinski definition) is 2. The van der Waals surface area contributed by atoms with E-state index in [1.807, 2.05) is 13.8 Å². The fraction of sp³-hybridized carbons (Fsp3) is 0.385. The van der Waals surface area contributed by atoms with Crippen molar-refractivity contribution in [2.24, 2.45) is 11.5 Å². The summed E-state index contributed by atoms with van der Waals surface area (Å²) in [5.41, 5.74) is 11.3. The Labute approximate surface area is 117 Å². The molecule has 4 N–H and O–H groups in total. The Bertz CT molecular complexity index is 491. The van der Waals surface area contributed by atoms with Crippen molar-refractivity contribution < 1.29 is 9.18 Å². The minimum absolute atomic E-state index is 0.0188. The number of carbonyl (C=O) groups excluding carboxylic acids is 1. The van der Waals surface area contributed by atoms with Crippen molar-refractivity contribution in [2.45, 2.75) is 26.4 Å². The zero-order chi connectivity index (χ0) is 14.6. The first kappa shape index (κ1) is 15.5. The highest BCUT2D eigenvalue weighted by molar-refractivity contribution is 7.80. The maximum Gasteiger partial charge on any atom is 0.231 e. The van der Waals surface area contributed by atoms with Gasteiger partial charge in [-0.05, 0) is 19.9 Å². The van der Waals surface area contributed by atoms with E-state index in [1.54, 1.807) is 17.0 Å². The Balaban J connectivity index is 3.00. The van der Waals surface area contributed by atoms with Crippen molar-refractivity contribution in [3.05, 3.63) is 35.1 Å². The molecule has 0 heterocycles. The predicted octanol–water partition coefficient (Wildman–Crippen LogP) is 1.16. The number of benzene rings is 1. The van der Waals surface area contributed by atoms with E-state index >= 15 is 0 Å². The van der Waals surface area contributed by atoms with E-state index in [0.29, 0.717) is 5.56 Å². The van der Waals surface area contributed by atoms with Crippen LogP contribution in [0.1, 0.15) is 25.0 Å². The fourth-order valence-corrected chi connectivity index (χ4v) is 1.89. The van der Waals surface area contributed by atoms with Gasteiger partial charge in [-0.2, -0.15) is 0 Å². The quantitative estimate of drug-likeness (QED) is 0.768. The molecule has 0 bridgehead atoms. The summed E-state index contributed by atoms with van der Waals surface area (Å²) in [5.74, 6) is -0.885. The molecule has 0 aliphatic carbocycles. The lowest BCUT2D eigenvalue weighted by atomic mass is 10.1. The van der Waals surface area contributed by atoms with Gasteiger partial charge in [0.25, 0.3) is 0 Å². The highest BCUT2D eigenvalue weighted by Gasteiger charge is 2.17. The summed E-state index contributed by atoms with van der Waals surface area (Å²) in [6.07, 6.45) is 0. The molecule has 0 saturated carbocycles. The number of thiocarbonyl (C=S) groups is 1. The zero-order valence-corrected chi connectivity index (χ0v) is 11.8. The predicted molar refractivity (Wildman–Crippen MR) is 77.0 cm³/mol. The zero-order valence-electron chi connectivity index (χ0n) is 11.0. The minimum atomic E-state index is -0.445. The van der Waals surface area contributed by atoms with E-state index in [0.717, 1.165) is 0 Å². The van der Waals surface area contributed by atoms with Gasteiger partial charge < -0.3 is 11.5 Å². The van der Waals surface area contributed by atoms with Crippen LogP contribution in [0, 0.1) is 5.82 Å². The van der Waals surface area contributed by atoms with Crippen molar-refractivity contribution in [3.63, 3.8) is 0 Å². The maximum absolute atomic E-state index is 14.2. The third-order valence-electron chi connectivity index (χ3n) is 2.81. The van der Waals surface area contributed by atoms with Gasteiger partial charge in [-0.25, -0.2) is 4.39 Å².